The second-order valence-corrected chi connectivity index (χ2v) is 7.58. The minimum Gasteiger partial charge on any atom is -0.399 e. The monoisotopic (exact) mass is 381 g/mol. The van der Waals surface area contributed by atoms with Crippen molar-refractivity contribution in [1.82, 2.24) is 15.3 Å². The molecule has 1 aromatic carbocycles. The molecular weight excluding hydrogens is 362 g/mol. The average molecular weight is 381 g/mol. The standard InChI is InChI=1S/C19H19N5O2S/c20-14-3-1-2-13(10-14)12-5-8-24(9-6-12)18-21-7-4-15(22-18)11-16-17(25)23-19(26)27-16/h1-4,7,10-12H,5-6,8-9,20H2,(H,23,25,26). The minimum absolute atomic E-state index is 0.352. The van der Waals surface area contributed by atoms with Gasteiger partial charge in [-0.2, -0.15) is 0 Å². The molecule has 2 fully saturated rings. The number of nitrogen functional groups attached to an aromatic ring is 1. The smallest absolute Gasteiger partial charge is 0.290 e. The Balaban J connectivity index is 1.45. The lowest BCUT2D eigenvalue weighted by Crippen LogP contribution is -2.34. The molecule has 138 valence electrons. The van der Waals surface area contributed by atoms with Crippen molar-refractivity contribution in [2.24, 2.45) is 0 Å². The van der Waals surface area contributed by atoms with Gasteiger partial charge in [-0.1, -0.05) is 12.1 Å². The van der Waals surface area contributed by atoms with Gasteiger partial charge in [0.05, 0.1) is 10.6 Å². The van der Waals surface area contributed by atoms with Gasteiger partial charge >= 0.3 is 0 Å². The number of rotatable bonds is 3. The Kier molecular flexibility index (Phi) is 4.81. The fraction of sp³-hybridized carbons (Fsp3) is 0.263. The van der Waals surface area contributed by atoms with E-state index < -0.39 is 0 Å². The molecule has 1 aromatic heterocycles. The van der Waals surface area contributed by atoms with Crippen molar-refractivity contribution in [3.05, 3.63) is 52.7 Å². The predicted molar refractivity (Wildman–Crippen MR) is 106 cm³/mol. The van der Waals surface area contributed by atoms with Crippen molar-refractivity contribution in [2.75, 3.05) is 23.7 Å². The molecule has 0 atom stereocenters. The SMILES string of the molecule is Nc1cccc(C2CCN(c3nccc(C=C4SC(=O)NC4=O)n3)CC2)c1. The van der Waals surface area contributed by atoms with Crippen molar-refractivity contribution in [2.45, 2.75) is 18.8 Å². The Hall–Kier alpha value is -2.87. The van der Waals surface area contributed by atoms with Gasteiger partial charge in [0.15, 0.2) is 0 Å². The van der Waals surface area contributed by atoms with Gasteiger partial charge in [-0.25, -0.2) is 9.97 Å². The molecule has 0 spiro atoms. The van der Waals surface area contributed by atoms with Crippen LogP contribution in [0.2, 0.25) is 0 Å². The number of benzene rings is 1. The van der Waals surface area contributed by atoms with Gasteiger partial charge in [-0.15, -0.1) is 0 Å². The first kappa shape index (κ1) is 17.5. The van der Waals surface area contributed by atoms with Crippen LogP contribution in [0.1, 0.15) is 30.0 Å². The fourth-order valence-corrected chi connectivity index (χ4v) is 4.04. The number of aromatic nitrogens is 2. The number of nitrogens with zero attached hydrogens (tertiary/aromatic N) is 3. The van der Waals surface area contributed by atoms with Crippen LogP contribution in [0.25, 0.3) is 6.08 Å². The van der Waals surface area contributed by atoms with Crippen molar-refractivity contribution in [3.8, 4) is 0 Å². The number of hydrogen-bond donors (Lipinski definition) is 2. The Bertz CT molecular complexity index is 922. The summed E-state index contributed by atoms with van der Waals surface area (Å²) in [6.07, 6.45) is 5.31. The summed E-state index contributed by atoms with van der Waals surface area (Å²) in [5.41, 5.74) is 8.59. The zero-order valence-corrected chi connectivity index (χ0v) is 15.4. The Morgan fingerprint density at radius 2 is 2.04 bits per heavy atom. The highest BCUT2D eigenvalue weighted by Gasteiger charge is 2.26. The van der Waals surface area contributed by atoms with E-state index in [1.807, 2.05) is 12.1 Å². The minimum atomic E-state index is -0.381. The van der Waals surface area contributed by atoms with Gasteiger partial charge in [0.2, 0.25) is 5.95 Å². The van der Waals surface area contributed by atoms with Gasteiger partial charge in [-0.05, 0) is 60.4 Å². The highest BCUT2D eigenvalue weighted by atomic mass is 32.2. The van der Waals surface area contributed by atoms with Crippen LogP contribution < -0.4 is 16.0 Å². The van der Waals surface area contributed by atoms with E-state index in [1.165, 1.54) is 5.56 Å². The summed E-state index contributed by atoms with van der Waals surface area (Å²) >= 11 is 0.886. The van der Waals surface area contributed by atoms with E-state index in [1.54, 1.807) is 18.3 Å². The quantitative estimate of drug-likeness (QED) is 0.623. The first-order chi connectivity index (χ1) is 13.1. The fourth-order valence-electron chi connectivity index (χ4n) is 3.38. The molecule has 0 saturated carbocycles. The summed E-state index contributed by atoms with van der Waals surface area (Å²) in [7, 11) is 0. The lowest BCUT2D eigenvalue weighted by atomic mass is 9.89. The third-order valence-electron chi connectivity index (χ3n) is 4.75. The second kappa shape index (κ2) is 7.40. The molecule has 2 amide bonds. The molecule has 7 nitrogen and oxygen atoms in total. The zero-order chi connectivity index (χ0) is 18.8. The predicted octanol–water partition coefficient (Wildman–Crippen LogP) is 2.77. The van der Waals surface area contributed by atoms with Crippen molar-refractivity contribution in [3.63, 3.8) is 0 Å². The number of thioether (sulfide) groups is 1. The molecule has 2 aliphatic rings. The first-order valence-corrected chi connectivity index (χ1v) is 9.58. The van der Waals surface area contributed by atoms with Crippen LogP contribution in [0.15, 0.2) is 41.4 Å². The third-order valence-corrected chi connectivity index (χ3v) is 5.56. The van der Waals surface area contributed by atoms with E-state index in [-0.39, 0.29) is 11.1 Å². The number of amides is 2. The number of hydrogen-bond acceptors (Lipinski definition) is 7. The summed E-state index contributed by atoms with van der Waals surface area (Å²) in [5.74, 6) is 0.748. The molecule has 0 unspecified atom stereocenters. The molecule has 3 heterocycles. The van der Waals surface area contributed by atoms with Gasteiger partial charge in [-0.3, -0.25) is 14.9 Å². The Morgan fingerprint density at radius 3 is 2.74 bits per heavy atom. The normalized spacial score (nSPS) is 19.6. The molecule has 4 rings (SSSR count). The second-order valence-electron chi connectivity index (χ2n) is 6.57. The maximum absolute atomic E-state index is 11.7. The molecule has 27 heavy (non-hydrogen) atoms. The van der Waals surface area contributed by atoms with Crippen LogP contribution in [0, 0.1) is 0 Å². The number of imide groups is 1. The van der Waals surface area contributed by atoms with Crippen LogP contribution in [0.3, 0.4) is 0 Å². The van der Waals surface area contributed by atoms with Crippen molar-refractivity contribution < 1.29 is 9.59 Å². The zero-order valence-electron chi connectivity index (χ0n) is 14.6. The van der Waals surface area contributed by atoms with Crippen LogP contribution in [-0.2, 0) is 4.79 Å². The largest absolute Gasteiger partial charge is 0.399 e. The molecule has 0 radical (unpaired) electrons. The number of piperidine rings is 1. The molecule has 2 saturated heterocycles. The van der Waals surface area contributed by atoms with Crippen LogP contribution in [0.4, 0.5) is 16.4 Å². The summed E-state index contributed by atoms with van der Waals surface area (Å²) in [6, 6.07) is 9.81. The lowest BCUT2D eigenvalue weighted by molar-refractivity contribution is -0.115. The number of carbonyl (C=O) groups excluding carboxylic acids is 2. The Labute approximate surface area is 161 Å². The lowest BCUT2D eigenvalue weighted by Gasteiger charge is -2.32. The van der Waals surface area contributed by atoms with Gasteiger partial charge in [0.25, 0.3) is 11.1 Å². The van der Waals surface area contributed by atoms with Crippen LogP contribution in [0.5, 0.6) is 0 Å². The molecular formula is C19H19N5O2S. The maximum atomic E-state index is 11.7. The van der Waals surface area contributed by atoms with Crippen LogP contribution in [-0.4, -0.2) is 34.2 Å². The van der Waals surface area contributed by atoms with Gasteiger partial charge in [0.1, 0.15) is 0 Å². The summed E-state index contributed by atoms with van der Waals surface area (Å²) in [5, 5.41) is 1.89. The summed E-state index contributed by atoms with van der Waals surface area (Å²) in [6.45, 7) is 1.71. The number of nitrogens with one attached hydrogen (secondary N) is 1. The molecule has 2 aliphatic heterocycles. The molecule has 3 N–H and O–H groups in total. The Morgan fingerprint density at radius 1 is 1.22 bits per heavy atom. The highest BCUT2D eigenvalue weighted by Crippen LogP contribution is 2.30. The van der Waals surface area contributed by atoms with Gasteiger partial charge < -0.3 is 10.6 Å². The van der Waals surface area contributed by atoms with E-state index in [0.29, 0.717) is 22.5 Å². The third kappa shape index (κ3) is 3.95. The van der Waals surface area contributed by atoms with Crippen molar-refractivity contribution >= 4 is 40.6 Å². The van der Waals surface area contributed by atoms with E-state index in [2.05, 4.69) is 32.3 Å². The highest BCUT2D eigenvalue weighted by molar-refractivity contribution is 8.18. The molecule has 2 aromatic rings. The van der Waals surface area contributed by atoms with E-state index in [0.717, 1.165) is 43.4 Å². The van der Waals surface area contributed by atoms with E-state index in [9.17, 15) is 9.59 Å². The molecule has 0 bridgehead atoms. The maximum Gasteiger partial charge on any atom is 0.290 e. The number of nitrogens with two attached hydrogens (primary N) is 1. The van der Waals surface area contributed by atoms with E-state index in [4.69, 9.17) is 5.73 Å². The summed E-state index contributed by atoms with van der Waals surface area (Å²) < 4.78 is 0. The molecule has 8 heteroatoms. The average Bonchev–Trinajstić information content (AvgIpc) is 2.99. The number of anilines is 2. The van der Waals surface area contributed by atoms with Crippen LogP contribution >= 0.6 is 11.8 Å². The summed E-state index contributed by atoms with van der Waals surface area (Å²) in [4.78, 5) is 34.4. The van der Waals surface area contributed by atoms with Crippen molar-refractivity contribution in [1.29, 1.82) is 0 Å². The topological polar surface area (TPSA) is 101 Å². The molecule has 0 aliphatic carbocycles. The number of carbonyl (C=O) groups is 2. The van der Waals surface area contributed by atoms with E-state index >= 15 is 0 Å². The van der Waals surface area contributed by atoms with Gasteiger partial charge in [0, 0.05) is 25.0 Å². The first-order valence-electron chi connectivity index (χ1n) is 8.77.